The standard InChI is InChI=1S/C20H14F4N4O.CH4O/c21-13-6-11(5-12(8-13)20(22,23)24)7-14-9-17(28-10-27-14)18-15-1-4-26-19(29)16(15)2-3-25-18;1-2/h2-3,5-6,8-10H,1,4,7H2,(H,26,29);2H,1H3. The van der Waals surface area contributed by atoms with E-state index >= 15 is 0 Å². The van der Waals surface area contributed by atoms with Gasteiger partial charge >= 0.3 is 6.18 Å². The molecular formula is C21H18F4N4O2. The van der Waals surface area contributed by atoms with E-state index in [4.69, 9.17) is 5.11 Å². The molecule has 1 aromatic carbocycles. The van der Waals surface area contributed by atoms with Crippen LogP contribution < -0.4 is 5.32 Å². The molecule has 0 saturated heterocycles. The third kappa shape index (κ3) is 5.02. The minimum absolute atomic E-state index is 0.00807. The Labute approximate surface area is 175 Å². The summed E-state index contributed by atoms with van der Waals surface area (Å²) in [5.74, 6) is -1.16. The van der Waals surface area contributed by atoms with Crippen molar-refractivity contribution in [3.8, 4) is 11.4 Å². The molecule has 1 amide bonds. The van der Waals surface area contributed by atoms with Gasteiger partial charge in [0.2, 0.25) is 0 Å². The highest BCUT2D eigenvalue weighted by Crippen LogP contribution is 2.31. The van der Waals surface area contributed by atoms with Crippen molar-refractivity contribution >= 4 is 5.91 Å². The molecule has 0 fully saturated rings. The Morgan fingerprint density at radius 1 is 1.10 bits per heavy atom. The number of carbonyl (C=O) groups is 1. The fourth-order valence-electron chi connectivity index (χ4n) is 3.32. The van der Waals surface area contributed by atoms with Crippen LogP contribution in [0.4, 0.5) is 17.6 Å². The van der Waals surface area contributed by atoms with Crippen LogP contribution in [0, 0.1) is 5.82 Å². The fourth-order valence-corrected chi connectivity index (χ4v) is 3.32. The van der Waals surface area contributed by atoms with Gasteiger partial charge in [0.15, 0.2) is 0 Å². The molecule has 0 radical (unpaired) electrons. The fraction of sp³-hybridized carbons (Fsp3) is 0.238. The first-order valence-electron chi connectivity index (χ1n) is 9.20. The molecule has 162 valence electrons. The zero-order valence-corrected chi connectivity index (χ0v) is 16.4. The van der Waals surface area contributed by atoms with Crippen molar-refractivity contribution in [2.24, 2.45) is 0 Å². The number of benzene rings is 1. The number of carbonyl (C=O) groups excluding carboxylic acids is 1. The van der Waals surface area contributed by atoms with Gasteiger partial charge in [0.05, 0.1) is 17.0 Å². The SMILES string of the molecule is CO.O=C1NCCc2c1ccnc2-c1cc(Cc2cc(F)cc(C(F)(F)F)c2)ncn1. The zero-order valence-electron chi connectivity index (χ0n) is 16.4. The summed E-state index contributed by atoms with van der Waals surface area (Å²) < 4.78 is 52.4. The number of aliphatic hydroxyl groups is 1. The van der Waals surface area contributed by atoms with Gasteiger partial charge in [0.25, 0.3) is 5.91 Å². The van der Waals surface area contributed by atoms with Crippen LogP contribution in [0.3, 0.4) is 0 Å². The van der Waals surface area contributed by atoms with Crippen LogP contribution in [0.15, 0.2) is 42.9 Å². The molecule has 10 heteroatoms. The number of aromatic nitrogens is 3. The number of halogens is 4. The minimum Gasteiger partial charge on any atom is -0.400 e. The second-order valence-electron chi connectivity index (χ2n) is 6.61. The van der Waals surface area contributed by atoms with E-state index in [9.17, 15) is 22.4 Å². The average Bonchev–Trinajstić information content (AvgIpc) is 2.74. The molecule has 0 bridgehead atoms. The van der Waals surface area contributed by atoms with Gasteiger partial charge in [-0.3, -0.25) is 9.78 Å². The maximum atomic E-state index is 13.6. The summed E-state index contributed by atoms with van der Waals surface area (Å²) in [5.41, 5.74) is 1.75. The normalized spacial score (nSPS) is 13.0. The Morgan fingerprint density at radius 2 is 1.87 bits per heavy atom. The molecule has 3 aromatic rings. The highest BCUT2D eigenvalue weighted by Gasteiger charge is 2.31. The van der Waals surface area contributed by atoms with Crippen LogP contribution in [0.1, 0.15) is 32.7 Å². The number of alkyl halides is 3. The van der Waals surface area contributed by atoms with Crippen molar-refractivity contribution < 1.29 is 27.5 Å². The number of hydrogen-bond acceptors (Lipinski definition) is 5. The number of aliphatic hydroxyl groups excluding tert-OH is 1. The van der Waals surface area contributed by atoms with E-state index in [0.29, 0.717) is 41.7 Å². The number of nitrogens with one attached hydrogen (secondary N) is 1. The van der Waals surface area contributed by atoms with Gasteiger partial charge < -0.3 is 10.4 Å². The molecule has 2 aromatic heterocycles. The summed E-state index contributed by atoms with van der Waals surface area (Å²) in [7, 11) is 1.00. The monoisotopic (exact) mass is 434 g/mol. The first kappa shape index (κ1) is 22.3. The van der Waals surface area contributed by atoms with Gasteiger partial charge in [-0.25, -0.2) is 14.4 Å². The summed E-state index contributed by atoms with van der Waals surface area (Å²) >= 11 is 0. The molecular weight excluding hydrogens is 416 g/mol. The van der Waals surface area contributed by atoms with E-state index < -0.39 is 17.6 Å². The molecule has 0 aliphatic carbocycles. The van der Waals surface area contributed by atoms with Crippen LogP contribution in [-0.2, 0) is 19.0 Å². The van der Waals surface area contributed by atoms with Crippen molar-refractivity contribution in [3.63, 3.8) is 0 Å². The lowest BCUT2D eigenvalue weighted by atomic mass is 9.97. The van der Waals surface area contributed by atoms with Crippen LogP contribution in [-0.4, -0.2) is 39.6 Å². The third-order valence-electron chi connectivity index (χ3n) is 4.60. The Kier molecular flexibility index (Phi) is 6.59. The number of fused-ring (bicyclic) bond motifs is 1. The first-order valence-corrected chi connectivity index (χ1v) is 9.20. The first-order chi connectivity index (χ1) is 14.8. The van der Waals surface area contributed by atoms with Gasteiger partial charge in [0, 0.05) is 37.5 Å². The van der Waals surface area contributed by atoms with E-state index in [1.54, 1.807) is 12.1 Å². The third-order valence-corrected chi connectivity index (χ3v) is 4.60. The Hall–Kier alpha value is -3.40. The Bertz CT molecular complexity index is 1100. The van der Waals surface area contributed by atoms with Crippen molar-refractivity contribution in [2.75, 3.05) is 13.7 Å². The summed E-state index contributed by atoms with van der Waals surface area (Å²) in [6.45, 7) is 0.478. The van der Waals surface area contributed by atoms with Crippen molar-refractivity contribution in [1.29, 1.82) is 0 Å². The maximum Gasteiger partial charge on any atom is 0.416 e. The number of nitrogens with zero attached hydrogens (tertiary/aromatic N) is 3. The van der Waals surface area contributed by atoms with Crippen LogP contribution >= 0.6 is 0 Å². The van der Waals surface area contributed by atoms with E-state index in [2.05, 4.69) is 20.3 Å². The van der Waals surface area contributed by atoms with E-state index in [-0.39, 0.29) is 17.9 Å². The van der Waals surface area contributed by atoms with Crippen LogP contribution in [0.5, 0.6) is 0 Å². The largest absolute Gasteiger partial charge is 0.416 e. The summed E-state index contributed by atoms with van der Waals surface area (Å²) in [6.07, 6.45) is -1.28. The zero-order chi connectivity index (χ0) is 22.6. The molecule has 31 heavy (non-hydrogen) atoms. The molecule has 0 atom stereocenters. The van der Waals surface area contributed by atoms with Crippen LogP contribution in [0.2, 0.25) is 0 Å². The molecule has 6 nitrogen and oxygen atoms in total. The maximum absolute atomic E-state index is 13.6. The van der Waals surface area contributed by atoms with Gasteiger partial charge in [-0.15, -0.1) is 0 Å². The van der Waals surface area contributed by atoms with Crippen molar-refractivity contribution in [3.05, 3.63) is 76.6 Å². The Balaban J connectivity index is 0.00000132. The Morgan fingerprint density at radius 3 is 2.61 bits per heavy atom. The molecule has 0 saturated carbocycles. The lowest BCUT2D eigenvalue weighted by Crippen LogP contribution is -2.32. The second kappa shape index (κ2) is 9.17. The number of rotatable bonds is 3. The summed E-state index contributed by atoms with van der Waals surface area (Å²) in [5, 5.41) is 9.76. The quantitative estimate of drug-likeness (QED) is 0.619. The van der Waals surface area contributed by atoms with E-state index in [1.165, 1.54) is 12.5 Å². The summed E-state index contributed by atoms with van der Waals surface area (Å²) in [4.78, 5) is 24.6. The average molecular weight is 434 g/mol. The highest BCUT2D eigenvalue weighted by atomic mass is 19.4. The minimum atomic E-state index is -4.64. The van der Waals surface area contributed by atoms with Gasteiger partial charge in [-0.1, -0.05) is 0 Å². The molecule has 4 rings (SSSR count). The lowest BCUT2D eigenvalue weighted by Gasteiger charge is -2.18. The molecule has 0 unspecified atom stereocenters. The second-order valence-corrected chi connectivity index (χ2v) is 6.61. The molecule has 0 spiro atoms. The molecule has 2 N–H and O–H groups in total. The highest BCUT2D eigenvalue weighted by molar-refractivity contribution is 5.98. The van der Waals surface area contributed by atoms with Crippen LogP contribution in [0.25, 0.3) is 11.4 Å². The number of amides is 1. The van der Waals surface area contributed by atoms with E-state index in [0.717, 1.165) is 24.8 Å². The predicted molar refractivity (Wildman–Crippen MR) is 104 cm³/mol. The molecule has 3 heterocycles. The van der Waals surface area contributed by atoms with Gasteiger partial charge in [-0.2, -0.15) is 13.2 Å². The number of pyridine rings is 1. The smallest absolute Gasteiger partial charge is 0.400 e. The lowest BCUT2D eigenvalue weighted by molar-refractivity contribution is -0.137. The topological polar surface area (TPSA) is 88.0 Å². The van der Waals surface area contributed by atoms with Gasteiger partial charge in [0.1, 0.15) is 12.1 Å². The van der Waals surface area contributed by atoms with Gasteiger partial charge in [-0.05, 0) is 47.9 Å². The number of hydrogen-bond donors (Lipinski definition) is 2. The predicted octanol–water partition coefficient (Wildman–Crippen LogP) is 3.18. The van der Waals surface area contributed by atoms with Crippen molar-refractivity contribution in [2.45, 2.75) is 19.0 Å². The summed E-state index contributed by atoms with van der Waals surface area (Å²) in [6, 6.07) is 5.62. The van der Waals surface area contributed by atoms with E-state index in [1.807, 2.05) is 0 Å². The molecule has 1 aliphatic rings. The van der Waals surface area contributed by atoms with Crippen molar-refractivity contribution in [1.82, 2.24) is 20.3 Å². The molecule has 1 aliphatic heterocycles.